The van der Waals surface area contributed by atoms with Crippen LogP contribution in [0.4, 0.5) is 10.9 Å². The topological polar surface area (TPSA) is 71.2 Å². The first kappa shape index (κ1) is 18.2. The summed E-state index contributed by atoms with van der Waals surface area (Å²) in [7, 11) is 0. The van der Waals surface area contributed by atoms with E-state index in [1.54, 1.807) is 17.7 Å². The van der Waals surface area contributed by atoms with Crippen LogP contribution >= 0.6 is 11.3 Å². The molecule has 3 aromatic heterocycles. The second kappa shape index (κ2) is 7.07. The molecule has 4 rings (SSSR count). The number of piperidine rings is 1. The first-order valence-electron chi connectivity index (χ1n) is 9.61. The number of rotatable bonds is 4. The Morgan fingerprint density at radius 1 is 1.22 bits per heavy atom. The summed E-state index contributed by atoms with van der Waals surface area (Å²) >= 11 is 1.63. The Bertz CT molecular complexity index is 884. The molecular weight excluding hydrogens is 358 g/mol. The van der Waals surface area contributed by atoms with Crippen molar-refractivity contribution < 1.29 is 0 Å². The minimum Gasteiger partial charge on any atom is -0.357 e. The maximum atomic E-state index is 4.72. The van der Waals surface area contributed by atoms with Gasteiger partial charge in [0.15, 0.2) is 0 Å². The van der Waals surface area contributed by atoms with Gasteiger partial charge in [-0.1, -0.05) is 39.0 Å². The van der Waals surface area contributed by atoms with Crippen LogP contribution in [0.3, 0.4) is 0 Å². The Morgan fingerprint density at radius 2 is 2.00 bits per heavy atom. The molecule has 1 aliphatic heterocycles. The second-order valence-corrected chi connectivity index (χ2v) is 9.09. The predicted octanol–water partition coefficient (Wildman–Crippen LogP) is 3.52. The van der Waals surface area contributed by atoms with E-state index in [-0.39, 0.29) is 5.41 Å². The summed E-state index contributed by atoms with van der Waals surface area (Å²) in [5, 5.41) is 9.22. The van der Waals surface area contributed by atoms with Gasteiger partial charge in [0.2, 0.25) is 10.1 Å². The molecule has 1 saturated heterocycles. The average Bonchev–Trinajstić information content (AvgIpc) is 3.21. The van der Waals surface area contributed by atoms with Gasteiger partial charge in [-0.15, -0.1) is 5.10 Å². The SMILES string of the molecule is CCc1cc(N2CCC(Nc3nn4cc(C(C)(C)C)nc4s3)CC2)ncn1. The van der Waals surface area contributed by atoms with Gasteiger partial charge in [-0.2, -0.15) is 0 Å². The van der Waals surface area contributed by atoms with E-state index in [4.69, 9.17) is 4.98 Å². The summed E-state index contributed by atoms with van der Waals surface area (Å²) in [6, 6.07) is 2.54. The number of imidazole rings is 1. The Balaban J connectivity index is 1.37. The highest BCUT2D eigenvalue weighted by Gasteiger charge is 2.23. The molecule has 3 aromatic rings. The molecule has 0 radical (unpaired) electrons. The predicted molar refractivity (Wildman–Crippen MR) is 110 cm³/mol. The number of aryl methyl sites for hydroxylation is 1. The first-order valence-corrected chi connectivity index (χ1v) is 10.4. The molecule has 1 N–H and O–H groups in total. The smallest absolute Gasteiger partial charge is 0.214 e. The summed E-state index contributed by atoms with van der Waals surface area (Å²) in [5.74, 6) is 1.04. The second-order valence-electron chi connectivity index (χ2n) is 8.14. The van der Waals surface area contributed by atoms with Crippen LogP contribution < -0.4 is 10.2 Å². The van der Waals surface area contributed by atoms with E-state index in [0.717, 1.165) is 59.7 Å². The van der Waals surface area contributed by atoms with Crippen molar-refractivity contribution in [3.8, 4) is 0 Å². The normalized spacial score (nSPS) is 16.2. The molecular formula is C19H27N7S. The number of anilines is 2. The van der Waals surface area contributed by atoms with Crippen LogP contribution in [0.1, 0.15) is 51.9 Å². The minimum atomic E-state index is 0.0481. The van der Waals surface area contributed by atoms with Gasteiger partial charge in [0.1, 0.15) is 12.1 Å². The fraction of sp³-hybridized carbons (Fsp3) is 0.579. The molecule has 0 amide bonds. The van der Waals surface area contributed by atoms with E-state index >= 15 is 0 Å². The Kier molecular flexibility index (Phi) is 4.75. The highest BCUT2D eigenvalue weighted by atomic mass is 32.1. The lowest BCUT2D eigenvalue weighted by molar-refractivity contribution is 0.522. The third-order valence-corrected chi connectivity index (χ3v) is 5.88. The number of hydrogen-bond donors (Lipinski definition) is 1. The molecule has 7 nitrogen and oxygen atoms in total. The van der Waals surface area contributed by atoms with E-state index in [1.807, 2.05) is 10.7 Å². The molecule has 0 aliphatic carbocycles. The fourth-order valence-electron chi connectivity index (χ4n) is 3.30. The van der Waals surface area contributed by atoms with Gasteiger partial charge < -0.3 is 10.2 Å². The Labute approximate surface area is 163 Å². The first-order chi connectivity index (χ1) is 12.9. The molecule has 0 bridgehead atoms. The number of fused-ring (bicyclic) bond motifs is 1. The van der Waals surface area contributed by atoms with E-state index in [9.17, 15) is 0 Å². The highest BCUT2D eigenvalue weighted by molar-refractivity contribution is 7.20. The van der Waals surface area contributed by atoms with Crippen molar-refractivity contribution in [2.45, 2.75) is 58.4 Å². The van der Waals surface area contributed by atoms with Gasteiger partial charge in [0.05, 0.1) is 11.9 Å². The molecule has 1 aliphatic rings. The zero-order valence-electron chi connectivity index (χ0n) is 16.4. The van der Waals surface area contributed by atoms with Crippen molar-refractivity contribution in [1.29, 1.82) is 0 Å². The zero-order chi connectivity index (χ0) is 19.0. The molecule has 0 unspecified atom stereocenters. The Morgan fingerprint density at radius 3 is 2.67 bits per heavy atom. The van der Waals surface area contributed by atoms with E-state index in [0.29, 0.717) is 6.04 Å². The summed E-state index contributed by atoms with van der Waals surface area (Å²) in [5.41, 5.74) is 2.23. The molecule has 0 atom stereocenters. The summed E-state index contributed by atoms with van der Waals surface area (Å²) in [4.78, 5) is 16.8. The van der Waals surface area contributed by atoms with Crippen LogP contribution in [-0.4, -0.2) is 43.7 Å². The average molecular weight is 386 g/mol. The van der Waals surface area contributed by atoms with Gasteiger partial charge in [-0.25, -0.2) is 19.5 Å². The standard InChI is InChI=1S/C19H27N7S/c1-5-13-10-16(21-12-20-13)25-8-6-14(7-9-25)22-17-24-26-11-15(19(2,3)4)23-18(26)27-17/h10-12,14H,5-9H2,1-4H3,(H,22,24). The molecule has 27 heavy (non-hydrogen) atoms. The van der Waals surface area contributed by atoms with Crippen molar-refractivity contribution in [3.63, 3.8) is 0 Å². The van der Waals surface area contributed by atoms with Gasteiger partial charge >= 0.3 is 0 Å². The maximum Gasteiger partial charge on any atom is 0.214 e. The van der Waals surface area contributed by atoms with Crippen molar-refractivity contribution in [2.75, 3.05) is 23.3 Å². The summed E-state index contributed by atoms with van der Waals surface area (Å²) in [6.07, 6.45) is 6.80. The minimum absolute atomic E-state index is 0.0481. The molecule has 144 valence electrons. The monoisotopic (exact) mass is 385 g/mol. The molecule has 8 heteroatoms. The van der Waals surface area contributed by atoms with Crippen molar-refractivity contribution >= 4 is 27.2 Å². The third kappa shape index (κ3) is 3.90. The molecule has 1 fully saturated rings. The third-order valence-electron chi connectivity index (χ3n) is 5.03. The zero-order valence-corrected chi connectivity index (χ0v) is 17.3. The lowest BCUT2D eigenvalue weighted by Gasteiger charge is -2.33. The molecule has 0 spiro atoms. The quantitative estimate of drug-likeness (QED) is 0.741. The van der Waals surface area contributed by atoms with Gasteiger partial charge in [-0.3, -0.25) is 0 Å². The molecule has 4 heterocycles. The van der Waals surface area contributed by atoms with Crippen LogP contribution in [0.2, 0.25) is 0 Å². The van der Waals surface area contributed by atoms with E-state index in [1.165, 1.54) is 0 Å². The van der Waals surface area contributed by atoms with Crippen LogP contribution in [0.15, 0.2) is 18.6 Å². The van der Waals surface area contributed by atoms with Crippen LogP contribution in [0, 0.1) is 0 Å². The maximum absolute atomic E-state index is 4.72. The van der Waals surface area contributed by atoms with Crippen LogP contribution in [0.5, 0.6) is 0 Å². The fourth-order valence-corrected chi connectivity index (χ4v) is 4.16. The molecule has 0 saturated carbocycles. The van der Waals surface area contributed by atoms with Crippen LogP contribution in [-0.2, 0) is 11.8 Å². The number of aromatic nitrogens is 5. The lowest BCUT2D eigenvalue weighted by atomic mass is 9.93. The van der Waals surface area contributed by atoms with E-state index in [2.05, 4.69) is 59.0 Å². The number of nitrogens with one attached hydrogen (secondary N) is 1. The van der Waals surface area contributed by atoms with Crippen molar-refractivity contribution in [2.24, 2.45) is 0 Å². The Hall–Kier alpha value is -2.22. The number of hydrogen-bond acceptors (Lipinski definition) is 7. The number of nitrogens with zero attached hydrogens (tertiary/aromatic N) is 6. The van der Waals surface area contributed by atoms with E-state index < -0.39 is 0 Å². The largest absolute Gasteiger partial charge is 0.357 e. The molecule has 0 aromatic carbocycles. The lowest BCUT2D eigenvalue weighted by Crippen LogP contribution is -2.39. The summed E-state index contributed by atoms with van der Waals surface area (Å²) in [6.45, 7) is 10.6. The van der Waals surface area contributed by atoms with Crippen LogP contribution in [0.25, 0.3) is 4.96 Å². The van der Waals surface area contributed by atoms with Gasteiger partial charge in [0, 0.05) is 36.3 Å². The highest BCUT2D eigenvalue weighted by Crippen LogP contribution is 2.27. The van der Waals surface area contributed by atoms with Gasteiger partial charge in [-0.05, 0) is 19.3 Å². The van der Waals surface area contributed by atoms with Crippen molar-refractivity contribution in [1.82, 2.24) is 24.6 Å². The van der Waals surface area contributed by atoms with Crippen molar-refractivity contribution in [3.05, 3.63) is 30.0 Å². The summed E-state index contributed by atoms with van der Waals surface area (Å²) < 4.78 is 1.90. The van der Waals surface area contributed by atoms with Gasteiger partial charge in [0.25, 0.3) is 0 Å².